The lowest BCUT2D eigenvalue weighted by Crippen LogP contribution is -2.61. The highest BCUT2D eigenvalue weighted by molar-refractivity contribution is 7.00. The molecule has 90 heavy (non-hydrogen) atoms. The maximum absolute atomic E-state index is 16.1. The Kier molecular flexibility index (Phi) is 13.6. The molecule has 0 fully saturated rings. The van der Waals surface area contributed by atoms with Gasteiger partial charge in [-0.05, 0) is 156 Å². The summed E-state index contributed by atoms with van der Waals surface area (Å²) in [7, 11) is 0. The van der Waals surface area contributed by atoms with Crippen LogP contribution in [0, 0.1) is 0 Å². The summed E-state index contributed by atoms with van der Waals surface area (Å²) < 4.78 is 50.0. The highest BCUT2D eigenvalue weighted by Crippen LogP contribution is 2.50. The molecule has 12 aromatic rings. The number of fused-ring (bicyclic) bond motifs is 7. The zero-order valence-corrected chi connectivity index (χ0v) is 53.2. The van der Waals surface area contributed by atoms with E-state index in [0.29, 0.717) is 22.7 Å². The van der Waals surface area contributed by atoms with Gasteiger partial charge < -0.3 is 14.4 Å². The van der Waals surface area contributed by atoms with Crippen molar-refractivity contribution in [3.63, 3.8) is 0 Å². The maximum atomic E-state index is 16.1. The minimum atomic E-state index is -4.77. The molecular formula is C80H72BF3N6. The summed E-state index contributed by atoms with van der Waals surface area (Å²) in [6, 6.07) is 74.3. The Labute approximate surface area is 526 Å². The summed E-state index contributed by atoms with van der Waals surface area (Å²) in [5, 5.41) is 1.66. The number of anilines is 6. The van der Waals surface area contributed by atoms with Crippen LogP contribution in [0.3, 0.4) is 0 Å². The molecule has 10 aromatic carbocycles. The Bertz CT molecular complexity index is 4560. The zero-order chi connectivity index (χ0) is 63.0. The molecule has 4 heterocycles. The molecule has 0 bridgehead atoms. The fourth-order valence-corrected chi connectivity index (χ4v) is 13.3. The molecule has 10 heteroatoms. The van der Waals surface area contributed by atoms with E-state index >= 15 is 13.2 Å². The Morgan fingerprint density at radius 1 is 0.322 bits per heavy atom. The van der Waals surface area contributed by atoms with Crippen molar-refractivity contribution in [3.05, 3.63) is 246 Å². The maximum Gasteiger partial charge on any atom is 0.418 e. The van der Waals surface area contributed by atoms with Crippen LogP contribution in [0.5, 0.6) is 0 Å². The van der Waals surface area contributed by atoms with Crippen molar-refractivity contribution < 1.29 is 13.2 Å². The van der Waals surface area contributed by atoms with Crippen molar-refractivity contribution in [2.24, 2.45) is 0 Å². The fourth-order valence-electron chi connectivity index (χ4n) is 13.3. The van der Waals surface area contributed by atoms with Gasteiger partial charge in [0.1, 0.15) is 0 Å². The third-order valence-electron chi connectivity index (χ3n) is 18.2. The van der Waals surface area contributed by atoms with Crippen LogP contribution in [0.2, 0.25) is 0 Å². The van der Waals surface area contributed by atoms with E-state index in [4.69, 9.17) is 15.0 Å². The first-order chi connectivity index (χ1) is 42.8. The first-order valence-corrected chi connectivity index (χ1v) is 31.2. The summed E-state index contributed by atoms with van der Waals surface area (Å²) in [6.07, 6.45) is -4.77. The summed E-state index contributed by atoms with van der Waals surface area (Å²) in [4.78, 5) is 19.5. The minimum Gasteiger partial charge on any atom is -0.311 e. The van der Waals surface area contributed by atoms with Gasteiger partial charge in [0.25, 0.3) is 6.71 Å². The molecule has 0 atom stereocenters. The average Bonchev–Trinajstić information content (AvgIpc) is 0.714. The van der Waals surface area contributed by atoms with E-state index < -0.39 is 11.7 Å². The largest absolute Gasteiger partial charge is 0.418 e. The average molecular weight is 1190 g/mol. The number of para-hydroxylation sites is 3. The smallest absolute Gasteiger partial charge is 0.311 e. The normalized spacial score (nSPS) is 13.4. The second-order valence-electron chi connectivity index (χ2n) is 28.5. The second kappa shape index (κ2) is 21.0. The Hall–Kier alpha value is -9.54. The summed E-state index contributed by atoms with van der Waals surface area (Å²) >= 11 is 0. The zero-order valence-electron chi connectivity index (χ0n) is 53.2. The van der Waals surface area contributed by atoms with E-state index in [1.807, 2.05) is 91.0 Å². The first-order valence-electron chi connectivity index (χ1n) is 31.2. The lowest BCUT2D eigenvalue weighted by molar-refractivity contribution is -0.137. The molecule has 2 aliphatic rings. The molecule has 0 saturated heterocycles. The van der Waals surface area contributed by atoms with Gasteiger partial charge in [0.15, 0.2) is 17.5 Å². The predicted molar refractivity (Wildman–Crippen MR) is 370 cm³/mol. The van der Waals surface area contributed by atoms with Crippen molar-refractivity contribution in [1.29, 1.82) is 0 Å². The molecule has 0 spiro atoms. The Morgan fingerprint density at radius 3 is 1.20 bits per heavy atom. The van der Waals surface area contributed by atoms with Crippen molar-refractivity contribution >= 4 is 79.0 Å². The number of halogens is 3. The van der Waals surface area contributed by atoms with Crippen LogP contribution in [-0.4, -0.2) is 26.2 Å². The number of hydrogen-bond acceptors (Lipinski definition) is 5. The molecule has 0 saturated carbocycles. The van der Waals surface area contributed by atoms with Gasteiger partial charge in [0.2, 0.25) is 0 Å². The molecule has 6 nitrogen and oxygen atoms in total. The van der Waals surface area contributed by atoms with Crippen molar-refractivity contribution in [1.82, 2.24) is 19.5 Å². The SMILES string of the molecule is CC(C)(C)c1cc(N2c3ccccc3B3c4ccccc4N(c4cc(C(C)(C)C)cc(C(C)(C)C)c4)c4cc(-c5ccc6c(c5)c5ccccc5n6-c5ccc(-c6nc(-c7ccccc7)nc(-c7ccccc7)n6)cc5C(F)(F)F)cc2c43)cc(C(C)(C)C)c1. The molecule has 2 aromatic heterocycles. The van der Waals surface area contributed by atoms with E-state index in [1.54, 1.807) is 16.7 Å². The fraction of sp³-hybridized carbons (Fsp3) is 0.212. The van der Waals surface area contributed by atoms with Crippen LogP contribution in [-0.2, 0) is 27.8 Å². The van der Waals surface area contributed by atoms with E-state index in [1.165, 1.54) is 44.7 Å². The summed E-state index contributed by atoms with van der Waals surface area (Å²) in [6.45, 7) is 27.4. The van der Waals surface area contributed by atoms with Crippen molar-refractivity contribution in [2.45, 2.75) is 111 Å². The molecule has 0 amide bonds. The molecule has 0 N–H and O–H groups in total. The Balaban J connectivity index is 1.01. The van der Waals surface area contributed by atoms with E-state index in [0.717, 1.165) is 67.2 Å². The topological polar surface area (TPSA) is 50.1 Å². The van der Waals surface area contributed by atoms with Crippen molar-refractivity contribution in [3.8, 4) is 51.0 Å². The number of rotatable bonds is 7. The highest BCUT2D eigenvalue weighted by atomic mass is 19.4. The Morgan fingerprint density at radius 2 is 0.733 bits per heavy atom. The number of hydrogen-bond donors (Lipinski definition) is 0. The van der Waals surface area contributed by atoms with Crippen molar-refractivity contribution in [2.75, 3.05) is 9.80 Å². The molecule has 0 radical (unpaired) electrons. The standard InChI is InChI=1S/C80H72BF3N6/c1-76(2,3)54-43-55(77(4,5)6)46-58(45-54)88-68-33-23-20-30-63(68)81-64-31-21-24-34-69(64)89(59-47-56(78(7,8)9)44-57(48-59)79(10,11)12)71-42-53(41-70(88)72(71)81)51-35-37-66-61(39-51)60-29-19-22-32-65(60)90(66)67-38-36-52(40-62(67)80(82,83)84)75-86-73(49-25-15-13-16-26-49)85-74(87-75)50-27-17-14-18-28-50/h13-48H,1-12H3. The van der Waals surface area contributed by atoms with Crippen LogP contribution in [0.4, 0.5) is 47.3 Å². The number of benzene rings is 10. The molecular weight excluding hydrogens is 1110 g/mol. The van der Waals surface area contributed by atoms with E-state index in [9.17, 15) is 0 Å². The number of aromatic nitrogens is 4. The van der Waals surface area contributed by atoms with Gasteiger partial charge in [-0.15, -0.1) is 0 Å². The molecule has 14 rings (SSSR count). The monoisotopic (exact) mass is 1180 g/mol. The van der Waals surface area contributed by atoms with Gasteiger partial charge in [-0.25, -0.2) is 15.0 Å². The van der Waals surface area contributed by atoms with Crippen LogP contribution in [0.15, 0.2) is 218 Å². The van der Waals surface area contributed by atoms with Crippen LogP contribution in [0.1, 0.15) is 111 Å². The molecule has 0 unspecified atom stereocenters. The number of alkyl halides is 3. The third kappa shape index (κ3) is 10.1. The quantitative estimate of drug-likeness (QED) is 0.149. The highest BCUT2D eigenvalue weighted by Gasteiger charge is 2.44. The first kappa shape index (κ1) is 58.2. The second-order valence-corrected chi connectivity index (χ2v) is 28.5. The lowest BCUT2D eigenvalue weighted by atomic mass is 9.33. The van der Waals surface area contributed by atoms with Gasteiger partial charge in [0, 0.05) is 61.6 Å². The molecule has 446 valence electrons. The van der Waals surface area contributed by atoms with Gasteiger partial charge in [-0.1, -0.05) is 217 Å². The summed E-state index contributed by atoms with van der Waals surface area (Å²) in [5.41, 5.74) is 18.6. The number of nitrogens with zero attached hydrogens (tertiary/aromatic N) is 6. The van der Waals surface area contributed by atoms with Crippen LogP contribution < -0.4 is 26.2 Å². The van der Waals surface area contributed by atoms with E-state index in [2.05, 4.69) is 202 Å². The predicted octanol–water partition coefficient (Wildman–Crippen LogP) is 19.9. The third-order valence-corrected chi connectivity index (χ3v) is 18.2. The minimum absolute atomic E-state index is 0.00193. The van der Waals surface area contributed by atoms with Crippen LogP contribution >= 0.6 is 0 Å². The molecule has 0 aliphatic carbocycles. The van der Waals surface area contributed by atoms with Gasteiger partial charge >= 0.3 is 6.18 Å². The lowest BCUT2D eigenvalue weighted by Gasteiger charge is -2.45. The summed E-state index contributed by atoms with van der Waals surface area (Å²) in [5.74, 6) is 0.864. The van der Waals surface area contributed by atoms with Gasteiger partial charge in [0.05, 0.1) is 22.3 Å². The van der Waals surface area contributed by atoms with Gasteiger partial charge in [-0.3, -0.25) is 0 Å². The van der Waals surface area contributed by atoms with E-state index in [-0.39, 0.29) is 45.4 Å². The van der Waals surface area contributed by atoms with Gasteiger partial charge in [-0.2, -0.15) is 13.2 Å². The van der Waals surface area contributed by atoms with Crippen LogP contribution in [0.25, 0.3) is 72.8 Å². The molecule has 2 aliphatic heterocycles.